The number of hydrogen-bond acceptors (Lipinski definition) is 2. The minimum absolute atomic E-state index is 0.409. The predicted octanol–water partition coefficient (Wildman–Crippen LogP) is 3.74. The highest BCUT2D eigenvalue weighted by molar-refractivity contribution is 6.35. The normalized spacial score (nSPS) is 12.3. The van der Waals surface area contributed by atoms with Gasteiger partial charge in [-0.15, -0.1) is 0 Å². The van der Waals surface area contributed by atoms with Crippen LogP contribution in [0.3, 0.4) is 0 Å². The molecule has 3 nitrogen and oxygen atoms in total. The van der Waals surface area contributed by atoms with Gasteiger partial charge in [0.15, 0.2) is 6.10 Å². The van der Waals surface area contributed by atoms with Crippen LogP contribution in [0, 0.1) is 0 Å². The maximum atomic E-state index is 11.0. The zero-order valence-electron chi connectivity index (χ0n) is 9.89. The number of fused-ring (bicyclic) bond motifs is 1. The Morgan fingerprint density at radius 3 is 2.56 bits per heavy atom. The number of ether oxygens (including phenoxy) is 1. The zero-order chi connectivity index (χ0) is 13.1. The lowest BCUT2D eigenvalue weighted by atomic mass is 10.1. The molecule has 0 aliphatic carbocycles. The van der Waals surface area contributed by atoms with Gasteiger partial charge < -0.3 is 9.84 Å². The Labute approximate surface area is 110 Å². The van der Waals surface area contributed by atoms with E-state index in [1.165, 1.54) is 0 Å². The van der Waals surface area contributed by atoms with E-state index in [0.717, 1.165) is 10.8 Å². The van der Waals surface area contributed by atoms with E-state index in [9.17, 15) is 4.79 Å². The summed E-state index contributed by atoms with van der Waals surface area (Å²) in [6, 6.07) is 10.9. The largest absolute Gasteiger partial charge is 0.479 e. The number of rotatable bonds is 4. The molecule has 2 aromatic carbocycles. The van der Waals surface area contributed by atoms with Crippen LogP contribution in [-0.2, 0) is 4.79 Å². The lowest BCUT2D eigenvalue weighted by Gasteiger charge is -2.15. The molecule has 2 aromatic rings. The second kappa shape index (κ2) is 5.27. The van der Waals surface area contributed by atoms with E-state index in [1.54, 1.807) is 19.1 Å². The fourth-order valence-electron chi connectivity index (χ4n) is 1.80. The Morgan fingerprint density at radius 1 is 1.28 bits per heavy atom. The van der Waals surface area contributed by atoms with E-state index >= 15 is 0 Å². The second-order valence-electron chi connectivity index (χ2n) is 3.94. The molecule has 0 aliphatic heterocycles. The monoisotopic (exact) mass is 264 g/mol. The minimum Gasteiger partial charge on any atom is -0.479 e. The van der Waals surface area contributed by atoms with Crippen LogP contribution in [0.5, 0.6) is 5.75 Å². The van der Waals surface area contributed by atoms with Gasteiger partial charge in [0.1, 0.15) is 5.75 Å². The van der Waals surface area contributed by atoms with Gasteiger partial charge in [-0.1, -0.05) is 42.8 Å². The van der Waals surface area contributed by atoms with Gasteiger partial charge in [0.2, 0.25) is 0 Å². The van der Waals surface area contributed by atoms with Crippen molar-refractivity contribution in [2.24, 2.45) is 0 Å². The molecular formula is C14H13ClO3. The van der Waals surface area contributed by atoms with E-state index in [2.05, 4.69) is 0 Å². The number of benzene rings is 2. The fraction of sp³-hybridized carbons (Fsp3) is 0.214. The van der Waals surface area contributed by atoms with Crippen molar-refractivity contribution in [2.45, 2.75) is 19.4 Å². The van der Waals surface area contributed by atoms with Crippen molar-refractivity contribution in [1.82, 2.24) is 0 Å². The molecule has 0 aliphatic rings. The molecule has 2 rings (SSSR count). The van der Waals surface area contributed by atoms with Crippen molar-refractivity contribution in [3.63, 3.8) is 0 Å². The molecule has 0 heterocycles. The fourth-order valence-corrected chi connectivity index (χ4v) is 2.03. The number of carboxylic acids is 1. The highest BCUT2D eigenvalue weighted by Crippen LogP contribution is 2.32. The second-order valence-corrected chi connectivity index (χ2v) is 4.35. The van der Waals surface area contributed by atoms with Gasteiger partial charge in [0.05, 0.1) is 0 Å². The molecule has 4 heteroatoms. The number of hydrogen-bond donors (Lipinski definition) is 1. The van der Waals surface area contributed by atoms with Crippen LogP contribution in [0.25, 0.3) is 10.8 Å². The summed E-state index contributed by atoms with van der Waals surface area (Å²) >= 11 is 6.09. The quantitative estimate of drug-likeness (QED) is 0.915. The van der Waals surface area contributed by atoms with Gasteiger partial charge >= 0.3 is 5.97 Å². The van der Waals surface area contributed by atoms with Gasteiger partial charge in [0.25, 0.3) is 0 Å². The van der Waals surface area contributed by atoms with Gasteiger partial charge in [-0.05, 0) is 18.6 Å². The summed E-state index contributed by atoms with van der Waals surface area (Å²) in [4.78, 5) is 11.0. The molecule has 1 atom stereocenters. The van der Waals surface area contributed by atoms with Crippen LogP contribution >= 0.6 is 11.6 Å². The first-order valence-corrected chi connectivity index (χ1v) is 6.08. The molecule has 0 saturated heterocycles. The maximum absolute atomic E-state index is 11.0. The Balaban J connectivity index is 2.45. The third kappa shape index (κ3) is 2.41. The molecular weight excluding hydrogens is 252 g/mol. The van der Waals surface area contributed by atoms with Crippen molar-refractivity contribution in [1.29, 1.82) is 0 Å². The average Bonchev–Trinajstić information content (AvgIpc) is 2.38. The van der Waals surface area contributed by atoms with Crippen molar-refractivity contribution >= 4 is 28.3 Å². The maximum Gasteiger partial charge on any atom is 0.344 e. The zero-order valence-corrected chi connectivity index (χ0v) is 10.6. The molecule has 0 spiro atoms. The molecule has 0 unspecified atom stereocenters. The molecule has 0 aromatic heterocycles. The summed E-state index contributed by atoms with van der Waals surface area (Å²) in [6.45, 7) is 1.77. The van der Waals surface area contributed by atoms with Crippen molar-refractivity contribution in [2.75, 3.05) is 0 Å². The van der Waals surface area contributed by atoms with Crippen molar-refractivity contribution in [3.8, 4) is 5.75 Å². The van der Waals surface area contributed by atoms with Crippen LogP contribution in [-0.4, -0.2) is 17.2 Å². The van der Waals surface area contributed by atoms with E-state index in [1.807, 2.05) is 24.3 Å². The number of carboxylic acid groups (broad SMARTS) is 1. The number of halogens is 1. The highest BCUT2D eigenvalue weighted by Gasteiger charge is 2.18. The molecule has 18 heavy (non-hydrogen) atoms. The smallest absolute Gasteiger partial charge is 0.344 e. The lowest BCUT2D eigenvalue weighted by Crippen LogP contribution is -2.25. The summed E-state index contributed by atoms with van der Waals surface area (Å²) in [5, 5.41) is 11.3. The first kappa shape index (κ1) is 12.7. The molecule has 1 N–H and O–H groups in total. The summed E-state index contributed by atoms with van der Waals surface area (Å²) in [5.74, 6) is -0.416. The molecule has 0 fully saturated rings. The van der Waals surface area contributed by atoms with Crippen LogP contribution in [0.1, 0.15) is 13.3 Å². The van der Waals surface area contributed by atoms with E-state index in [4.69, 9.17) is 21.4 Å². The van der Waals surface area contributed by atoms with Gasteiger partial charge in [-0.3, -0.25) is 0 Å². The number of carbonyl (C=O) groups is 1. The van der Waals surface area contributed by atoms with Gasteiger partial charge in [-0.2, -0.15) is 0 Å². The Kier molecular flexibility index (Phi) is 3.72. The van der Waals surface area contributed by atoms with Gasteiger partial charge in [0, 0.05) is 15.8 Å². The van der Waals surface area contributed by atoms with Gasteiger partial charge in [-0.25, -0.2) is 4.79 Å². The standard InChI is InChI=1S/C14H13ClO3/c1-2-12(14(16)17)18-13-8-7-11(15)9-5-3-4-6-10(9)13/h3-8,12H,2H2,1H3,(H,16,17)/t12-/m1/s1. The molecule has 0 radical (unpaired) electrons. The number of aliphatic carboxylic acids is 1. The predicted molar refractivity (Wildman–Crippen MR) is 71.3 cm³/mol. The first-order valence-electron chi connectivity index (χ1n) is 5.70. The van der Waals surface area contributed by atoms with E-state index < -0.39 is 12.1 Å². The minimum atomic E-state index is -0.962. The van der Waals surface area contributed by atoms with Crippen LogP contribution in [0.15, 0.2) is 36.4 Å². The Hall–Kier alpha value is -1.74. The summed E-state index contributed by atoms with van der Waals surface area (Å²) in [6.07, 6.45) is -0.429. The van der Waals surface area contributed by atoms with Crippen molar-refractivity contribution in [3.05, 3.63) is 41.4 Å². The highest BCUT2D eigenvalue weighted by atomic mass is 35.5. The van der Waals surface area contributed by atoms with Crippen LogP contribution in [0.4, 0.5) is 0 Å². The first-order chi connectivity index (χ1) is 8.63. The lowest BCUT2D eigenvalue weighted by molar-refractivity contribution is -0.145. The van der Waals surface area contributed by atoms with Crippen LogP contribution < -0.4 is 4.74 Å². The third-order valence-corrected chi connectivity index (χ3v) is 3.08. The Bertz CT molecular complexity index is 580. The summed E-state index contributed by atoms with van der Waals surface area (Å²) in [5.41, 5.74) is 0. The molecule has 0 amide bonds. The molecule has 0 saturated carbocycles. The third-order valence-electron chi connectivity index (χ3n) is 2.75. The summed E-state index contributed by atoms with van der Waals surface area (Å²) < 4.78 is 5.54. The van der Waals surface area contributed by atoms with E-state index in [0.29, 0.717) is 17.2 Å². The SMILES string of the molecule is CC[C@@H](Oc1ccc(Cl)c2ccccc12)C(=O)O. The topological polar surface area (TPSA) is 46.5 Å². The van der Waals surface area contributed by atoms with Crippen LogP contribution in [0.2, 0.25) is 5.02 Å². The summed E-state index contributed by atoms with van der Waals surface area (Å²) in [7, 11) is 0. The average molecular weight is 265 g/mol. The molecule has 94 valence electrons. The molecule has 0 bridgehead atoms. The van der Waals surface area contributed by atoms with Crippen molar-refractivity contribution < 1.29 is 14.6 Å². The van der Waals surface area contributed by atoms with E-state index in [-0.39, 0.29) is 0 Å². The Morgan fingerprint density at radius 2 is 1.94 bits per heavy atom.